The van der Waals surface area contributed by atoms with E-state index in [0.717, 1.165) is 23.4 Å². The van der Waals surface area contributed by atoms with Crippen molar-refractivity contribution >= 4 is 22.4 Å². The second-order valence-electron chi connectivity index (χ2n) is 7.41. The van der Waals surface area contributed by atoms with Crippen molar-refractivity contribution in [1.29, 1.82) is 0 Å². The number of aromatic nitrogens is 3. The van der Waals surface area contributed by atoms with Gasteiger partial charge >= 0.3 is 0 Å². The smallest absolute Gasteiger partial charge is 0.273 e. The van der Waals surface area contributed by atoms with Crippen LogP contribution in [0, 0.1) is 5.92 Å². The number of nitrogens with two attached hydrogens (primary N) is 1. The Kier molecular flexibility index (Phi) is 4.01. The number of anilines is 1. The average molecular weight is 393 g/mol. The zero-order valence-electron chi connectivity index (χ0n) is 15.1. The van der Waals surface area contributed by atoms with Crippen LogP contribution in [0.5, 0.6) is 0 Å². The zero-order chi connectivity index (χ0) is 19.3. The van der Waals surface area contributed by atoms with Gasteiger partial charge in [-0.25, -0.2) is 4.98 Å². The lowest BCUT2D eigenvalue weighted by atomic mass is 9.82. The summed E-state index contributed by atoms with van der Waals surface area (Å²) in [4.78, 5) is 36.0. The molecule has 0 aromatic carbocycles. The number of carbonyl (C=O) groups excluding carboxylic acids is 1. The summed E-state index contributed by atoms with van der Waals surface area (Å²) in [6, 6.07) is 9.39. The second-order valence-corrected chi connectivity index (χ2v) is 8.30. The number of pyridine rings is 2. The molecule has 5 heterocycles. The van der Waals surface area contributed by atoms with Gasteiger partial charge in [-0.2, -0.15) is 0 Å². The van der Waals surface area contributed by atoms with Crippen LogP contribution >= 0.6 is 11.3 Å². The molecule has 2 aliphatic heterocycles. The molecule has 2 aliphatic rings. The summed E-state index contributed by atoms with van der Waals surface area (Å²) < 4.78 is 1.87. The summed E-state index contributed by atoms with van der Waals surface area (Å²) in [5.41, 5.74) is 8.68. The fraction of sp³-hybridized carbons (Fsp3) is 0.300. The van der Waals surface area contributed by atoms with E-state index in [4.69, 9.17) is 5.73 Å². The standard InChI is InChI=1S/C20H19N5O2S/c21-20-23-16(11-28-20)19(27)24-8-12-5-14(10-24)17-6-13(7-18(26)25(17)9-12)15-3-1-2-4-22-15/h1-4,6-7,11-12,14H,5,8-10H2,(H2,21,23)/t12-,14+/m0/s1. The Hall–Kier alpha value is -3.00. The Balaban J connectivity index is 1.49. The summed E-state index contributed by atoms with van der Waals surface area (Å²) in [6.45, 7) is 1.86. The van der Waals surface area contributed by atoms with Crippen molar-refractivity contribution in [2.24, 2.45) is 5.92 Å². The van der Waals surface area contributed by atoms with E-state index < -0.39 is 0 Å². The predicted octanol–water partition coefficient (Wildman–Crippen LogP) is 2.21. The van der Waals surface area contributed by atoms with Crippen molar-refractivity contribution in [3.63, 3.8) is 0 Å². The van der Waals surface area contributed by atoms with Crippen LogP contribution in [-0.2, 0) is 6.54 Å². The van der Waals surface area contributed by atoms with Crippen LogP contribution in [0.3, 0.4) is 0 Å². The molecule has 3 aromatic rings. The number of nitrogen functional groups attached to an aromatic ring is 1. The van der Waals surface area contributed by atoms with Gasteiger partial charge in [0.1, 0.15) is 5.69 Å². The SMILES string of the molecule is Nc1nc(C(=O)N2C[C@@H]3C[C@H](C2)c2cc(-c4ccccn4)cc(=O)n2C3)cs1. The lowest BCUT2D eigenvalue weighted by Gasteiger charge is -2.42. The van der Waals surface area contributed by atoms with Crippen molar-refractivity contribution in [3.05, 3.63) is 63.7 Å². The molecule has 2 N–H and O–H groups in total. The predicted molar refractivity (Wildman–Crippen MR) is 107 cm³/mol. The van der Waals surface area contributed by atoms with Crippen LogP contribution in [0.25, 0.3) is 11.3 Å². The van der Waals surface area contributed by atoms with E-state index in [2.05, 4.69) is 16.0 Å². The van der Waals surface area contributed by atoms with Crippen molar-refractivity contribution in [1.82, 2.24) is 19.4 Å². The Morgan fingerprint density at radius 2 is 2.11 bits per heavy atom. The molecule has 142 valence electrons. The van der Waals surface area contributed by atoms with Crippen LogP contribution in [0.1, 0.15) is 28.5 Å². The summed E-state index contributed by atoms with van der Waals surface area (Å²) >= 11 is 1.27. The number of thiazole rings is 1. The molecule has 2 bridgehead atoms. The molecule has 1 saturated heterocycles. The molecular formula is C20H19N5O2S. The van der Waals surface area contributed by atoms with Crippen molar-refractivity contribution in [3.8, 4) is 11.3 Å². The minimum atomic E-state index is -0.0840. The van der Waals surface area contributed by atoms with Crippen molar-refractivity contribution in [2.75, 3.05) is 18.8 Å². The number of fused-ring (bicyclic) bond motifs is 4. The van der Waals surface area contributed by atoms with E-state index in [1.165, 1.54) is 11.3 Å². The van der Waals surface area contributed by atoms with E-state index in [9.17, 15) is 9.59 Å². The molecule has 1 amide bonds. The van der Waals surface area contributed by atoms with Gasteiger partial charge in [0.15, 0.2) is 5.13 Å². The van der Waals surface area contributed by atoms with Gasteiger partial charge in [0, 0.05) is 54.5 Å². The fourth-order valence-corrected chi connectivity index (χ4v) is 4.89. The number of amides is 1. The third-order valence-corrected chi connectivity index (χ3v) is 6.22. The van der Waals surface area contributed by atoms with Crippen LogP contribution < -0.4 is 11.3 Å². The monoisotopic (exact) mass is 393 g/mol. The number of nitrogens with zero attached hydrogens (tertiary/aromatic N) is 4. The highest BCUT2D eigenvalue weighted by molar-refractivity contribution is 7.13. The topological polar surface area (TPSA) is 94.1 Å². The zero-order valence-corrected chi connectivity index (χ0v) is 15.9. The van der Waals surface area contributed by atoms with Gasteiger partial charge in [-0.15, -0.1) is 11.3 Å². The van der Waals surface area contributed by atoms with E-state index >= 15 is 0 Å². The maximum Gasteiger partial charge on any atom is 0.273 e. The van der Waals surface area contributed by atoms with Gasteiger partial charge in [0.25, 0.3) is 11.5 Å². The van der Waals surface area contributed by atoms with Crippen molar-refractivity contribution < 1.29 is 4.79 Å². The van der Waals surface area contributed by atoms with Crippen LogP contribution in [0.4, 0.5) is 5.13 Å². The molecule has 2 atom stereocenters. The molecular weight excluding hydrogens is 374 g/mol. The molecule has 0 aliphatic carbocycles. The summed E-state index contributed by atoms with van der Waals surface area (Å²) in [5.74, 6) is 0.313. The first-order valence-corrected chi connectivity index (χ1v) is 10.1. The highest BCUT2D eigenvalue weighted by atomic mass is 32.1. The highest BCUT2D eigenvalue weighted by Crippen LogP contribution is 2.36. The van der Waals surface area contributed by atoms with E-state index in [-0.39, 0.29) is 23.3 Å². The van der Waals surface area contributed by atoms with E-state index in [1.807, 2.05) is 27.7 Å². The van der Waals surface area contributed by atoms with Gasteiger partial charge in [-0.1, -0.05) is 6.07 Å². The lowest BCUT2D eigenvalue weighted by Crippen LogP contribution is -2.49. The largest absolute Gasteiger partial charge is 0.375 e. The van der Waals surface area contributed by atoms with Gasteiger partial charge in [-0.05, 0) is 30.5 Å². The average Bonchev–Trinajstić information content (AvgIpc) is 3.15. The number of carbonyl (C=O) groups is 1. The van der Waals surface area contributed by atoms with E-state index in [1.54, 1.807) is 17.6 Å². The molecule has 3 aromatic heterocycles. The first-order chi connectivity index (χ1) is 13.6. The summed E-state index contributed by atoms with van der Waals surface area (Å²) in [5, 5.41) is 2.11. The first kappa shape index (κ1) is 17.1. The summed E-state index contributed by atoms with van der Waals surface area (Å²) in [6.07, 6.45) is 2.71. The molecule has 0 saturated carbocycles. The number of likely N-dealkylation sites (tertiary alicyclic amines) is 1. The highest BCUT2D eigenvalue weighted by Gasteiger charge is 2.37. The molecule has 1 fully saturated rings. The maximum absolute atomic E-state index is 12.8. The Morgan fingerprint density at radius 3 is 2.86 bits per heavy atom. The Labute approximate surface area is 165 Å². The normalized spacial score (nSPS) is 20.6. The maximum atomic E-state index is 12.8. The number of piperidine rings is 1. The summed E-state index contributed by atoms with van der Waals surface area (Å²) in [7, 11) is 0. The van der Waals surface area contributed by atoms with Crippen LogP contribution in [0.15, 0.2) is 46.7 Å². The molecule has 0 radical (unpaired) electrons. The van der Waals surface area contributed by atoms with Crippen LogP contribution in [0.2, 0.25) is 0 Å². The molecule has 0 unspecified atom stereocenters. The van der Waals surface area contributed by atoms with Gasteiger partial charge in [0.05, 0.1) is 5.69 Å². The number of rotatable bonds is 2. The second kappa shape index (κ2) is 6.56. The van der Waals surface area contributed by atoms with Gasteiger partial charge in [-0.3, -0.25) is 14.6 Å². The quantitative estimate of drug-likeness (QED) is 0.720. The Morgan fingerprint density at radius 1 is 1.21 bits per heavy atom. The molecule has 5 rings (SSSR count). The van der Waals surface area contributed by atoms with Gasteiger partial charge < -0.3 is 15.2 Å². The number of hydrogen-bond acceptors (Lipinski definition) is 6. The molecule has 8 heteroatoms. The van der Waals surface area contributed by atoms with Gasteiger partial charge in [0.2, 0.25) is 0 Å². The van der Waals surface area contributed by atoms with Crippen LogP contribution in [-0.4, -0.2) is 38.4 Å². The minimum absolute atomic E-state index is 0.0000885. The molecule has 7 nitrogen and oxygen atoms in total. The third-order valence-electron chi connectivity index (χ3n) is 5.55. The lowest BCUT2D eigenvalue weighted by molar-refractivity contribution is 0.0590. The fourth-order valence-electron chi connectivity index (χ4n) is 4.35. The third kappa shape index (κ3) is 2.90. The number of hydrogen-bond donors (Lipinski definition) is 1. The minimum Gasteiger partial charge on any atom is -0.375 e. The first-order valence-electron chi connectivity index (χ1n) is 9.25. The molecule has 0 spiro atoms. The Bertz CT molecular complexity index is 1110. The molecule has 28 heavy (non-hydrogen) atoms. The van der Waals surface area contributed by atoms with Crippen molar-refractivity contribution in [2.45, 2.75) is 18.9 Å². The van der Waals surface area contributed by atoms with E-state index in [0.29, 0.717) is 30.5 Å².